The summed E-state index contributed by atoms with van der Waals surface area (Å²) in [5.41, 5.74) is 0.160. The van der Waals surface area contributed by atoms with Gasteiger partial charge in [-0.15, -0.1) is 0 Å². The van der Waals surface area contributed by atoms with Gasteiger partial charge in [-0.25, -0.2) is 8.42 Å². The number of benzene rings is 1. The first-order chi connectivity index (χ1) is 13.0. The fourth-order valence-corrected chi connectivity index (χ4v) is 6.65. The molecule has 3 aliphatic rings. The zero-order chi connectivity index (χ0) is 19.0. The molecule has 1 aromatic rings. The summed E-state index contributed by atoms with van der Waals surface area (Å²) in [4.78, 5) is 14.5. The molecule has 0 aromatic heterocycles. The van der Waals surface area contributed by atoms with Crippen LogP contribution in [0.5, 0.6) is 0 Å². The van der Waals surface area contributed by atoms with E-state index in [1.807, 2.05) is 11.0 Å². The van der Waals surface area contributed by atoms with Crippen molar-refractivity contribution >= 4 is 15.9 Å². The zero-order valence-corrected chi connectivity index (χ0v) is 16.2. The Balaban J connectivity index is 1.37. The number of hydrogen-bond donors (Lipinski definition) is 0. The fourth-order valence-electron chi connectivity index (χ4n) is 5.08. The Morgan fingerprint density at radius 2 is 1.85 bits per heavy atom. The lowest BCUT2D eigenvalue weighted by atomic mass is 9.86. The highest BCUT2D eigenvalue weighted by atomic mass is 32.2. The Kier molecular flexibility index (Phi) is 4.95. The van der Waals surface area contributed by atoms with Crippen LogP contribution in [0.4, 0.5) is 0 Å². The van der Waals surface area contributed by atoms with Crippen molar-refractivity contribution in [2.75, 3.05) is 26.2 Å². The van der Waals surface area contributed by atoms with Crippen LogP contribution >= 0.6 is 0 Å². The molecule has 2 saturated carbocycles. The first-order valence-electron chi connectivity index (χ1n) is 9.76. The molecule has 1 saturated heterocycles. The van der Waals surface area contributed by atoms with E-state index in [2.05, 4.69) is 0 Å². The van der Waals surface area contributed by atoms with Gasteiger partial charge in [0.25, 0.3) is 0 Å². The van der Waals surface area contributed by atoms with Gasteiger partial charge >= 0.3 is 0 Å². The van der Waals surface area contributed by atoms with Crippen molar-refractivity contribution in [2.24, 2.45) is 17.8 Å². The van der Waals surface area contributed by atoms with Gasteiger partial charge in [0, 0.05) is 32.6 Å². The predicted octanol–water partition coefficient (Wildman–Crippen LogP) is 2.22. The minimum Gasteiger partial charge on any atom is -0.340 e. The summed E-state index contributed by atoms with van der Waals surface area (Å²) in [5.74, 6) is 2.25. The summed E-state index contributed by atoms with van der Waals surface area (Å²) < 4.78 is 27.2. The van der Waals surface area contributed by atoms with Gasteiger partial charge in [0.05, 0.1) is 10.5 Å². The summed E-state index contributed by atoms with van der Waals surface area (Å²) >= 11 is 0. The smallest absolute Gasteiger partial charge is 0.244 e. The lowest BCUT2D eigenvalue weighted by Crippen LogP contribution is -2.50. The molecule has 0 unspecified atom stereocenters. The highest BCUT2D eigenvalue weighted by molar-refractivity contribution is 7.89. The van der Waals surface area contributed by atoms with Crippen LogP contribution in [-0.2, 0) is 14.8 Å². The van der Waals surface area contributed by atoms with E-state index in [1.165, 1.54) is 42.1 Å². The number of carbonyl (C=O) groups is 1. The molecule has 1 aromatic carbocycles. The van der Waals surface area contributed by atoms with Crippen LogP contribution in [0.25, 0.3) is 0 Å². The molecule has 7 heteroatoms. The van der Waals surface area contributed by atoms with E-state index in [0.29, 0.717) is 25.4 Å². The Bertz CT molecular complexity index is 869. The Labute approximate surface area is 160 Å². The summed E-state index contributed by atoms with van der Waals surface area (Å²) in [6.07, 6.45) is 5.70. The standard InChI is InChI=1S/C20H25N3O3S/c21-14-17-3-1-2-4-19(17)27(25,26)23-9-7-22(8-10-23)20(24)13-18-12-15-5-6-16(18)11-15/h1-4,15-16,18H,5-13H2/t15-,16+,18-/m0/s1. The third-order valence-electron chi connectivity index (χ3n) is 6.54. The Hall–Kier alpha value is -1.91. The van der Waals surface area contributed by atoms with E-state index in [0.717, 1.165) is 11.8 Å². The number of sulfonamides is 1. The molecular formula is C20H25N3O3S. The van der Waals surface area contributed by atoms with Gasteiger partial charge in [0.15, 0.2) is 0 Å². The highest BCUT2D eigenvalue weighted by Crippen LogP contribution is 2.49. The zero-order valence-electron chi connectivity index (χ0n) is 15.4. The molecule has 6 nitrogen and oxygen atoms in total. The molecule has 144 valence electrons. The number of piperazine rings is 1. The van der Waals surface area contributed by atoms with Crippen LogP contribution in [-0.4, -0.2) is 49.7 Å². The SMILES string of the molecule is N#Cc1ccccc1S(=O)(=O)N1CCN(C(=O)C[C@@H]2C[C@H]3CC[C@@H]2C3)CC1. The van der Waals surface area contributed by atoms with Crippen LogP contribution < -0.4 is 0 Å². The van der Waals surface area contributed by atoms with Crippen molar-refractivity contribution in [3.05, 3.63) is 29.8 Å². The molecule has 0 N–H and O–H groups in total. The number of carbonyl (C=O) groups excluding carboxylic acids is 1. The third kappa shape index (κ3) is 3.48. The van der Waals surface area contributed by atoms with Gasteiger partial charge in [0.2, 0.25) is 15.9 Å². The van der Waals surface area contributed by atoms with Gasteiger partial charge in [-0.2, -0.15) is 9.57 Å². The lowest BCUT2D eigenvalue weighted by molar-refractivity contribution is -0.133. The molecule has 2 bridgehead atoms. The summed E-state index contributed by atoms with van der Waals surface area (Å²) in [5, 5.41) is 9.19. The number of nitriles is 1. The maximum atomic E-state index is 12.9. The van der Waals surface area contributed by atoms with E-state index < -0.39 is 10.0 Å². The van der Waals surface area contributed by atoms with Crippen LogP contribution in [0, 0.1) is 29.1 Å². The van der Waals surface area contributed by atoms with Crippen molar-refractivity contribution in [3.63, 3.8) is 0 Å². The molecule has 3 fully saturated rings. The van der Waals surface area contributed by atoms with Gasteiger partial charge < -0.3 is 4.90 Å². The van der Waals surface area contributed by atoms with Crippen LogP contribution in [0.15, 0.2) is 29.2 Å². The van der Waals surface area contributed by atoms with Crippen molar-refractivity contribution in [1.82, 2.24) is 9.21 Å². The molecule has 1 amide bonds. The maximum absolute atomic E-state index is 12.9. The number of nitrogens with zero attached hydrogens (tertiary/aromatic N) is 3. The summed E-state index contributed by atoms with van der Waals surface area (Å²) in [7, 11) is -3.71. The monoisotopic (exact) mass is 387 g/mol. The second-order valence-corrected chi connectivity index (χ2v) is 9.94. The molecule has 4 rings (SSSR count). The average Bonchev–Trinajstić information content (AvgIpc) is 3.31. The van der Waals surface area contributed by atoms with E-state index in [1.54, 1.807) is 12.1 Å². The van der Waals surface area contributed by atoms with Crippen molar-refractivity contribution in [1.29, 1.82) is 5.26 Å². The van der Waals surface area contributed by atoms with Crippen LogP contribution in [0.2, 0.25) is 0 Å². The van der Waals surface area contributed by atoms with Crippen molar-refractivity contribution < 1.29 is 13.2 Å². The van der Waals surface area contributed by atoms with Gasteiger partial charge in [0.1, 0.15) is 6.07 Å². The van der Waals surface area contributed by atoms with Gasteiger partial charge in [-0.05, 0) is 49.1 Å². The lowest BCUT2D eigenvalue weighted by Gasteiger charge is -2.35. The molecule has 2 aliphatic carbocycles. The van der Waals surface area contributed by atoms with Crippen molar-refractivity contribution in [3.8, 4) is 6.07 Å². The minimum absolute atomic E-state index is 0.0502. The Morgan fingerprint density at radius 1 is 1.11 bits per heavy atom. The highest BCUT2D eigenvalue weighted by Gasteiger charge is 2.41. The van der Waals surface area contributed by atoms with Crippen LogP contribution in [0.3, 0.4) is 0 Å². The molecule has 0 radical (unpaired) electrons. The van der Waals surface area contributed by atoms with Crippen LogP contribution in [0.1, 0.15) is 37.7 Å². The molecule has 0 spiro atoms. The second kappa shape index (κ2) is 7.25. The molecular weight excluding hydrogens is 362 g/mol. The number of rotatable bonds is 4. The van der Waals surface area contributed by atoms with E-state index >= 15 is 0 Å². The maximum Gasteiger partial charge on any atom is 0.244 e. The number of hydrogen-bond acceptors (Lipinski definition) is 4. The van der Waals surface area contributed by atoms with E-state index in [-0.39, 0.29) is 29.5 Å². The predicted molar refractivity (Wildman–Crippen MR) is 100 cm³/mol. The first kappa shape index (κ1) is 18.5. The van der Waals surface area contributed by atoms with Gasteiger partial charge in [-0.3, -0.25) is 4.79 Å². The minimum atomic E-state index is -3.71. The average molecular weight is 388 g/mol. The Morgan fingerprint density at radius 3 is 2.48 bits per heavy atom. The van der Waals surface area contributed by atoms with Gasteiger partial charge in [-0.1, -0.05) is 18.6 Å². The van der Waals surface area contributed by atoms with E-state index in [9.17, 15) is 18.5 Å². The molecule has 1 heterocycles. The largest absolute Gasteiger partial charge is 0.340 e. The fraction of sp³-hybridized carbons (Fsp3) is 0.600. The first-order valence-corrected chi connectivity index (χ1v) is 11.2. The van der Waals surface area contributed by atoms with E-state index in [4.69, 9.17) is 0 Å². The second-order valence-electron chi connectivity index (χ2n) is 8.03. The summed E-state index contributed by atoms with van der Waals surface area (Å²) in [6.45, 7) is 1.41. The number of fused-ring (bicyclic) bond motifs is 2. The topological polar surface area (TPSA) is 81.5 Å². The number of amides is 1. The third-order valence-corrected chi connectivity index (χ3v) is 8.49. The molecule has 27 heavy (non-hydrogen) atoms. The molecule has 3 atom stereocenters. The van der Waals surface area contributed by atoms with Crippen molar-refractivity contribution in [2.45, 2.75) is 37.0 Å². The summed E-state index contributed by atoms with van der Waals surface area (Å²) in [6, 6.07) is 8.22. The quantitative estimate of drug-likeness (QED) is 0.793. The molecule has 1 aliphatic heterocycles. The normalized spacial score (nSPS) is 28.3.